The monoisotopic (exact) mass is 509 g/mol. The standard InChI is InChI=1S/C29H39N3O3S/c1-8-25-24(14-15-30-19-34-29(5,6)7)28(32-26(31-25)18-23-12-10-9-11-13-23)35-36(33)27-21(3)16-20(2)17-22(27)4/h9-13,16-17,30H,8,14-15,18-19H2,1-7H3. The van der Waals surface area contributed by atoms with Gasteiger partial charge in [0.05, 0.1) is 22.9 Å². The third-order valence-electron chi connectivity index (χ3n) is 5.73. The van der Waals surface area contributed by atoms with Crippen LogP contribution in [0.1, 0.15) is 67.0 Å². The summed E-state index contributed by atoms with van der Waals surface area (Å²) in [6.07, 6.45) is 1.95. The molecular formula is C29H39N3O3S. The van der Waals surface area contributed by atoms with Crippen molar-refractivity contribution in [2.45, 2.75) is 78.2 Å². The number of aryl methyl sites for hydroxylation is 4. The average Bonchev–Trinajstić information content (AvgIpc) is 2.79. The van der Waals surface area contributed by atoms with Crippen molar-refractivity contribution in [3.05, 3.63) is 81.8 Å². The molecule has 0 aliphatic heterocycles. The maximum absolute atomic E-state index is 13.5. The van der Waals surface area contributed by atoms with Crippen LogP contribution in [-0.4, -0.2) is 33.1 Å². The molecule has 7 heteroatoms. The summed E-state index contributed by atoms with van der Waals surface area (Å²) in [6.45, 7) is 15.2. The molecular weight excluding hydrogens is 470 g/mol. The maximum atomic E-state index is 13.5. The predicted octanol–water partition coefficient (Wildman–Crippen LogP) is 5.56. The molecule has 0 saturated heterocycles. The van der Waals surface area contributed by atoms with E-state index < -0.39 is 11.1 Å². The molecule has 0 saturated carbocycles. The molecule has 2 aromatic carbocycles. The van der Waals surface area contributed by atoms with Gasteiger partial charge in [-0.3, -0.25) is 5.32 Å². The number of nitrogens with zero attached hydrogens (tertiary/aromatic N) is 2. The van der Waals surface area contributed by atoms with Crippen LogP contribution < -0.4 is 9.50 Å². The van der Waals surface area contributed by atoms with E-state index in [2.05, 4.69) is 24.4 Å². The summed E-state index contributed by atoms with van der Waals surface area (Å²) >= 11 is -1.70. The molecule has 1 unspecified atom stereocenters. The van der Waals surface area contributed by atoms with E-state index in [0.717, 1.165) is 39.9 Å². The van der Waals surface area contributed by atoms with Crippen molar-refractivity contribution >= 4 is 11.1 Å². The predicted molar refractivity (Wildman–Crippen MR) is 146 cm³/mol. The summed E-state index contributed by atoms with van der Waals surface area (Å²) in [5, 5.41) is 3.32. The van der Waals surface area contributed by atoms with Gasteiger partial charge in [0.1, 0.15) is 5.82 Å². The summed E-state index contributed by atoms with van der Waals surface area (Å²) in [5.41, 5.74) is 5.73. The van der Waals surface area contributed by atoms with E-state index in [-0.39, 0.29) is 5.60 Å². The fourth-order valence-corrected chi connectivity index (χ4v) is 5.13. The van der Waals surface area contributed by atoms with Gasteiger partial charge >= 0.3 is 0 Å². The third kappa shape index (κ3) is 7.95. The fraction of sp³-hybridized carbons (Fsp3) is 0.448. The van der Waals surface area contributed by atoms with Gasteiger partial charge in [0.2, 0.25) is 17.0 Å². The molecule has 1 aromatic heterocycles. The molecule has 1 N–H and O–H groups in total. The highest BCUT2D eigenvalue weighted by Crippen LogP contribution is 2.27. The Hall–Kier alpha value is -2.61. The SMILES string of the molecule is CCc1nc(Cc2ccccc2)nc(OS(=O)c2c(C)cc(C)cc2C)c1CCNCOC(C)(C)C. The molecule has 6 nitrogen and oxygen atoms in total. The van der Waals surface area contributed by atoms with Crippen molar-refractivity contribution in [1.29, 1.82) is 0 Å². The number of rotatable bonds is 11. The Morgan fingerprint density at radius 1 is 1.00 bits per heavy atom. The Balaban J connectivity index is 1.91. The van der Waals surface area contributed by atoms with Gasteiger partial charge in [-0.1, -0.05) is 55.0 Å². The van der Waals surface area contributed by atoms with Gasteiger partial charge in [0.15, 0.2) is 0 Å². The molecule has 0 fully saturated rings. The molecule has 3 aromatic rings. The van der Waals surface area contributed by atoms with Gasteiger partial charge in [0, 0.05) is 18.5 Å². The molecule has 0 spiro atoms. The molecule has 194 valence electrons. The lowest BCUT2D eigenvalue weighted by Crippen LogP contribution is -2.29. The topological polar surface area (TPSA) is 73.3 Å². The van der Waals surface area contributed by atoms with Crippen molar-refractivity contribution in [2.24, 2.45) is 0 Å². The van der Waals surface area contributed by atoms with Gasteiger partial charge < -0.3 is 8.92 Å². The highest BCUT2D eigenvalue weighted by atomic mass is 32.2. The van der Waals surface area contributed by atoms with E-state index in [4.69, 9.17) is 18.9 Å². The average molecular weight is 510 g/mol. The van der Waals surface area contributed by atoms with E-state index in [1.807, 2.05) is 71.9 Å². The van der Waals surface area contributed by atoms with Gasteiger partial charge in [-0.2, -0.15) is 4.98 Å². The largest absolute Gasteiger partial charge is 0.376 e. The van der Waals surface area contributed by atoms with Crippen LogP contribution in [0, 0.1) is 20.8 Å². The molecule has 0 radical (unpaired) electrons. The van der Waals surface area contributed by atoms with E-state index in [9.17, 15) is 4.21 Å². The number of ether oxygens (including phenoxy) is 1. The fourth-order valence-electron chi connectivity index (χ4n) is 4.12. The summed E-state index contributed by atoms with van der Waals surface area (Å²) in [5.74, 6) is 1.05. The smallest absolute Gasteiger partial charge is 0.242 e. The third-order valence-corrected chi connectivity index (χ3v) is 7.01. The molecule has 0 bridgehead atoms. The van der Waals surface area contributed by atoms with Crippen LogP contribution in [-0.2, 0) is 35.1 Å². The van der Waals surface area contributed by atoms with Gasteiger partial charge in [0.25, 0.3) is 0 Å². The molecule has 36 heavy (non-hydrogen) atoms. The minimum atomic E-state index is -1.70. The summed E-state index contributed by atoms with van der Waals surface area (Å²) in [4.78, 5) is 10.3. The minimum Gasteiger partial charge on any atom is -0.376 e. The lowest BCUT2D eigenvalue weighted by molar-refractivity contribution is -0.0128. The Morgan fingerprint density at radius 3 is 2.28 bits per heavy atom. The van der Waals surface area contributed by atoms with Crippen molar-refractivity contribution in [3.8, 4) is 5.88 Å². The minimum absolute atomic E-state index is 0.210. The number of nitrogens with one attached hydrogen (secondary N) is 1. The molecule has 3 rings (SSSR count). The van der Waals surface area contributed by atoms with Crippen LogP contribution in [0.3, 0.4) is 0 Å². The zero-order valence-corrected chi connectivity index (χ0v) is 23.4. The summed E-state index contributed by atoms with van der Waals surface area (Å²) in [7, 11) is 0. The Bertz CT molecular complexity index is 1170. The van der Waals surface area contributed by atoms with E-state index in [1.165, 1.54) is 0 Å². The molecule has 0 aliphatic rings. The second-order valence-electron chi connectivity index (χ2n) is 10.1. The zero-order valence-electron chi connectivity index (χ0n) is 22.6. The van der Waals surface area contributed by atoms with Gasteiger partial charge in [-0.25, -0.2) is 9.19 Å². The van der Waals surface area contributed by atoms with Crippen molar-refractivity contribution < 1.29 is 13.1 Å². The second-order valence-corrected chi connectivity index (χ2v) is 11.1. The Kier molecular flexibility index (Phi) is 9.77. The zero-order chi connectivity index (χ0) is 26.3. The lowest BCUT2D eigenvalue weighted by Gasteiger charge is -2.20. The molecule has 0 amide bonds. The first-order valence-electron chi connectivity index (χ1n) is 12.5. The van der Waals surface area contributed by atoms with Crippen molar-refractivity contribution in [3.63, 3.8) is 0 Å². The summed E-state index contributed by atoms with van der Waals surface area (Å²) < 4.78 is 25.4. The second kappa shape index (κ2) is 12.6. The van der Waals surface area contributed by atoms with E-state index in [1.54, 1.807) is 0 Å². The normalized spacial score (nSPS) is 12.5. The molecule has 1 heterocycles. The number of hydrogen-bond acceptors (Lipinski definition) is 6. The first kappa shape index (κ1) is 28.0. The van der Waals surface area contributed by atoms with Crippen molar-refractivity contribution in [2.75, 3.05) is 13.3 Å². The van der Waals surface area contributed by atoms with Gasteiger partial charge in [-0.05, 0) is 71.1 Å². The van der Waals surface area contributed by atoms with Crippen LogP contribution in [0.15, 0.2) is 47.4 Å². The van der Waals surface area contributed by atoms with Crippen LogP contribution >= 0.6 is 0 Å². The Morgan fingerprint density at radius 2 is 1.67 bits per heavy atom. The highest BCUT2D eigenvalue weighted by Gasteiger charge is 2.21. The highest BCUT2D eigenvalue weighted by molar-refractivity contribution is 7.80. The quantitative estimate of drug-likeness (QED) is 0.269. The first-order chi connectivity index (χ1) is 17.1. The van der Waals surface area contributed by atoms with Crippen LogP contribution in [0.2, 0.25) is 0 Å². The molecule has 1 atom stereocenters. The number of benzene rings is 2. The first-order valence-corrected chi connectivity index (χ1v) is 13.6. The van der Waals surface area contributed by atoms with Gasteiger partial charge in [-0.15, -0.1) is 0 Å². The van der Waals surface area contributed by atoms with Crippen LogP contribution in [0.25, 0.3) is 0 Å². The van der Waals surface area contributed by atoms with E-state index in [0.29, 0.717) is 42.7 Å². The number of aromatic nitrogens is 2. The number of hydrogen-bond donors (Lipinski definition) is 1. The lowest BCUT2D eigenvalue weighted by atomic mass is 10.1. The maximum Gasteiger partial charge on any atom is 0.242 e. The van der Waals surface area contributed by atoms with E-state index >= 15 is 0 Å². The Labute approximate surface area is 218 Å². The van der Waals surface area contributed by atoms with Crippen LogP contribution in [0.4, 0.5) is 0 Å². The molecule has 0 aliphatic carbocycles. The summed E-state index contributed by atoms with van der Waals surface area (Å²) in [6, 6.07) is 14.2. The van der Waals surface area contributed by atoms with Crippen molar-refractivity contribution in [1.82, 2.24) is 15.3 Å². The van der Waals surface area contributed by atoms with Crippen LogP contribution in [0.5, 0.6) is 5.88 Å².